The molecule has 0 radical (unpaired) electrons. The van der Waals surface area contributed by atoms with Crippen LogP contribution < -0.4 is 5.32 Å². The lowest BCUT2D eigenvalue weighted by Gasteiger charge is -2.25. The minimum absolute atomic E-state index is 0.200. The summed E-state index contributed by atoms with van der Waals surface area (Å²) >= 11 is 1.64. The van der Waals surface area contributed by atoms with Gasteiger partial charge in [-0.05, 0) is 44.1 Å². The number of aliphatic carboxylic acids is 1. The SMILES string of the molecule is O=C(NC1(C(=O)O)CCCC1)c1csc2c1CCCC2. The van der Waals surface area contributed by atoms with Crippen molar-refractivity contribution in [2.24, 2.45) is 0 Å². The smallest absolute Gasteiger partial charge is 0.329 e. The lowest BCUT2D eigenvalue weighted by molar-refractivity contribution is -0.144. The first-order chi connectivity index (χ1) is 9.62. The molecule has 0 unspecified atom stereocenters. The summed E-state index contributed by atoms with van der Waals surface area (Å²) in [5.41, 5.74) is 0.815. The fraction of sp³-hybridized carbons (Fsp3) is 0.600. The third-order valence-electron chi connectivity index (χ3n) is 4.53. The van der Waals surface area contributed by atoms with Crippen molar-refractivity contribution >= 4 is 23.2 Å². The monoisotopic (exact) mass is 293 g/mol. The zero-order valence-electron chi connectivity index (χ0n) is 11.4. The molecule has 1 saturated carbocycles. The Morgan fingerprint density at radius 2 is 1.85 bits per heavy atom. The first-order valence-corrected chi connectivity index (χ1v) is 8.15. The maximum absolute atomic E-state index is 12.5. The highest BCUT2D eigenvalue weighted by Gasteiger charge is 2.43. The van der Waals surface area contributed by atoms with Crippen LogP contribution in [0.2, 0.25) is 0 Å². The number of carboxylic acid groups (broad SMARTS) is 1. The molecule has 0 saturated heterocycles. The Morgan fingerprint density at radius 1 is 1.15 bits per heavy atom. The van der Waals surface area contributed by atoms with Gasteiger partial charge in [0, 0.05) is 10.3 Å². The van der Waals surface area contributed by atoms with Gasteiger partial charge in [-0.1, -0.05) is 12.8 Å². The molecule has 0 atom stereocenters. The average Bonchev–Trinajstić information content (AvgIpc) is 3.05. The Bertz CT molecular complexity index is 543. The molecule has 0 bridgehead atoms. The van der Waals surface area contributed by atoms with Crippen LogP contribution in [-0.2, 0) is 17.6 Å². The van der Waals surface area contributed by atoms with Crippen LogP contribution in [0.15, 0.2) is 5.38 Å². The summed E-state index contributed by atoms with van der Waals surface area (Å²) in [5.74, 6) is -1.10. The minimum Gasteiger partial charge on any atom is -0.480 e. The molecule has 0 aliphatic heterocycles. The van der Waals surface area contributed by atoms with Gasteiger partial charge in [0.05, 0.1) is 5.56 Å². The molecule has 1 aromatic rings. The van der Waals surface area contributed by atoms with Gasteiger partial charge in [-0.25, -0.2) is 4.79 Å². The van der Waals surface area contributed by atoms with Crippen LogP contribution in [-0.4, -0.2) is 22.5 Å². The summed E-state index contributed by atoms with van der Waals surface area (Å²) in [6.45, 7) is 0. The van der Waals surface area contributed by atoms with Gasteiger partial charge >= 0.3 is 5.97 Å². The highest BCUT2D eigenvalue weighted by atomic mass is 32.1. The molecule has 0 spiro atoms. The second-order valence-corrected chi connectivity index (χ2v) is 6.77. The molecule has 1 fully saturated rings. The van der Waals surface area contributed by atoms with Crippen LogP contribution in [0.25, 0.3) is 0 Å². The van der Waals surface area contributed by atoms with E-state index in [1.807, 2.05) is 5.38 Å². The quantitative estimate of drug-likeness (QED) is 0.900. The summed E-state index contributed by atoms with van der Waals surface area (Å²) < 4.78 is 0. The molecular formula is C15H19NO3S. The molecule has 1 amide bonds. The number of carbonyl (C=O) groups excluding carboxylic acids is 1. The maximum Gasteiger partial charge on any atom is 0.329 e. The molecule has 3 rings (SSSR count). The van der Waals surface area contributed by atoms with E-state index in [4.69, 9.17) is 0 Å². The summed E-state index contributed by atoms with van der Waals surface area (Å²) in [4.78, 5) is 25.3. The Labute approximate surface area is 122 Å². The first-order valence-electron chi connectivity index (χ1n) is 7.27. The number of thiophene rings is 1. The second-order valence-electron chi connectivity index (χ2n) is 5.81. The van der Waals surface area contributed by atoms with E-state index in [-0.39, 0.29) is 5.91 Å². The van der Waals surface area contributed by atoms with E-state index in [2.05, 4.69) is 5.32 Å². The van der Waals surface area contributed by atoms with E-state index in [9.17, 15) is 14.7 Å². The van der Waals surface area contributed by atoms with Gasteiger partial charge in [0.2, 0.25) is 0 Å². The number of hydrogen-bond acceptors (Lipinski definition) is 3. The van der Waals surface area contributed by atoms with Gasteiger partial charge in [-0.3, -0.25) is 4.79 Å². The molecule has 4 nitrogen and oxygen atoms in total. The van der Waals surface area contributed by atoms with Crippen LogP contribution in [0.4, 0.5) is 0 Å². The minimum atomic E-state index is -1.04. The van der Waals surface area contributed by atoms with Crippen LogP contribution in [0.1, 0.15) is 59.3 Å². The van der Waals surface area contributed by atoms with Crippen molar-refractivity contribution in [2.75, 3.05) is 0 Å². The number of nitrogens with one attached hydrogen (secondary N) is 1. The molecule has 20 heavy (non-hydrogen) atoms. The third kappa shape index (κ3) is 2.24. The van der Waals surface area contributed by atoms with Crippen molar-refractivity contribution in [3.05, 3.63) is 21.4 Å². The lowest BCUT2D eigenvalue weighted by atomic mass is 9.94. The molecule has 5 heteroatoms. The predicted octanol–water partition coefficient (Wildman–Crippen LogP) is 2.75. The number of amides is 1. The Balaban J connectivity index is 1.82. The largest absolute Gasteiger partial charge is 0.480 e. The molecule has 1 heterocycles. The van der Waals surface area contributed by atoms with Gasteiger partial charge in [0.15, 0.2) is 0 Å². The molecule has 2 aliphatic carbocycles. The number of aryl methyl sites for hydroxylation is 1. The van der Waals surface area contributed by atoms with Gasteiger partial charge < -0.3 is 10.4 Å². The predicted molar refractivity (Wildman–Crippen MR) is 77.3 cm³/mol. The van der Waals surface area contributed by atoms with Gasteiger partial charge in [0.1, 0.15) is 5.54 Å². The molecular weight excluding hydrogens is 274 g/mol. The number of hydrogen-bond donors (Lipinski definition) is 2. The van der Waals surface area contributed by atoms with Crippen LogP contribution >= 0.6 is 11.3 Å². The van der Waals surface area contributed by atoms with E-state index in [1.165, 1.54) is 11.3 Å². The average molecular weight is 293 g/mol. The van der Waals surface area contributed by atoms with Gasteiger partial charge in [0.25, 0.3) is 5.91 Å². The maximum atomic E-state index is 12.5. The number of carbonyl (C=O) groups is 2. The van der Waals surface area contributed by atoms with Crippen molar-refractivity contribution in [3.63, 3.8) is 0 Å². The van der Waals surface area contributed by atoms with Crippen molar-refractivity contribution in [1.29, 1.82) is 0 Å². The Morgan fingerprint density at radius 3 is 2.55 bits per heavy atom. The van der Waals surface area contributed by atoms with E-state index in [1.54, 1.807) is 11.3 Å². The van der Waals surface area contributed by atoms with Crippen molar-refractivity contribution in [3.8, 4) is 0 Å². The number of rotatable bonds is 3. The van der Waals surface area contributed by atoms with Gasteiger partial charge in [-0.15, -0.1) is 11.3 Å². The van der Waals surface area contributed by atoms with Crippen molar-refractivity contribution < 1.29 is 14.7 Å². The molecule has 2 aliphatic rings. The fourth-order valence-electron chi connectivity index (χ4n) is 3.34. The normalized spacial score (nSPS) is 20.4. The standard InChI is InChI=1S/C15H19NO3S/c17-13(16-15(14(18)19)7-3-4-8-15)11-9-20-12-6-2-1-5-10(11)12/h9H,1-8H2,(H,16,17)(H,18,19). The second kappa shape index (κ2) is 5.20. The topological polar surface area (TPSA) is 66.4 Å². The van der Waals surface area contributed by atoms with Crippen LogP contribution in [0, 0.1) is 0 Å². The molecule has 1 aromatic heterocycles. The summed E-state index contributed by atoms with van der Waals surface area (Å²) in [6, 6.07) is 0. The van der Waals surface area contributed by atoms with E-state index in [0.717, 1.165) is 37.7 Å². The number of fused-ring (bicyclic) bond motifs is 1. The molecule has 0 aromatic carbocycles. The molecule has 108 valence electrons. The molecule has 2 N–H and O–H groups in total. The van der Waals surface area contributed by atoms with Gasteiger partial charge in [-0.2, -0.15) is 0 Å². The fourth-order valence-corrected chi connectivity index (χ4v) is 4.47. The van der Waals surface area contributed by atoms with Crippen LogP contribution in [0.3, 0.4) is 0 Å². The van der Waals surface area contributed by atoms with E-state index in [0.29, 0.717) is 18.4 Å². The first kappa shape index (κ1) is 13.6. The zero-order chi connectivity index (χ0) is 14.2. The Kier molecular flexibility index (Phi) is 3.54. The zero-order valence-corrected chi connectivity index (χ0v) is 12.2. The Hall–Kier alpha value is -1.36. The van der Waals surface area contributed by atoms with E-state index >= 15 is 0 Å². The summed E-state index contributed by atoms with van der Waals surface area (Å²) in [7, 11) is 0. The lowest BCUT2D eigenvalue weighted by Crippen LogP contribution is -2.52. The summed E-state index contributed by atoms with van der Waals surface area (Å²) in [6.07, 6.45) is 7.13. The third-order valence-corrected chi connectivity index (χ3v) is 5.61. The van der Waals surface area contributed by atoms with Crippen LogP contribution in [0.5, 0.6) is 0 Å². The van der Waals surface area contributed by atoms with Crippen molar-refractivity contribution in [1.82, 2.24) is 5.32 Å². The van der Waals surface area contributed by atoms with E-state index < -0.39 is 11.5 Å². The highest BCUT2D eigenvalue weighted by Crippen LogP contribution is 2.33. The number of carboxylic acids is 1. The highest BCUT2D eigenvalue weighted by molar-refractivity contribution is 7.10. The summed E-state index contributed by atoms with van der Waals surface area (Å²) in [5, 5.41) is 14.1. The van der Waals surface area contributed by atoms with Crippen molar-refractivity contribution in [2.45, 2.75) is 56.9 Å².